The zero-order chi connectivity index (χ0) is 35.1. The number of likely N-dealkylation sites (N-methyl/N-ethyl adjacent to an activating group) is 1. The van der Waals surface area contributed by atoms with Crippen LogP contribution in [0.25, 0.3) is 0 Å². The zero-order valence-corrected chi connectivity index (χ0v) is 29.9. The van der Waals surface area contributed by atoms with Crippen LogP contribution in [0.3, 0.4) is 0 Å². The average Bonchev–Trinajstić information content (AvgIpc) is 3.23. The fourth-order valence-corrected chi connectivity index (χ4v) is 7.67. The number of hydrogen-bond acceptors (Lipinski definition) is 7. The van der Waals surface area contributed by atoms with E-state index in [4.69, 9.17) is 5.73 Å². The van der Waals surface area contributed by atoms with E-state index >= 15 is 0 Å². The van der Waals surface area contributed by atoms with Crippen molar-refractivity contribution in [2.45, 2.75) is 98.3 Å². The van der Waals surface area contributed by atoms with Crippen LogP contribution in [0.1, 0.15) is 74.1 Å². The topological polar surface area (TPSA) is 191 Å². The summed E-state index contributed by atoms with van der Waals surface area (Å²) in [4.78, 5) is 67.5. The molecule has 0 spiro atoms. The molecule has 2 saturated carbocycles. The molecule has 15 heteroatoms. The smallest absolute Gasteiger partial charge is 0.315 e. The number of primary amides is 1. The van der Waals surface area contributed by atoms with Gasteiger partial charge in [-0.3, -0.25) is 19.2 Å². The van der Waals surface area contributed by atoms with Crippen molar-refractivity contribution >= 4 is 39.7 Å². The summed E-state index contributed by atoms with van der Waals surface area (Å²) in [6.45, 7) is 13.5. The second-order valence-electron chi connectivity index (χ2n) is 15.5. The number of ketones is 1. The van der Waals surface area contributed by atoms with Crippen molar-refractivity contribution in [2.75, 3.05) is 34.2 Å². The number of fused-ring (bicyclic) bond motifs is 1. The van der Waals surface area contributed by atoms with Gasteiger partial charge in [0.15, 0.2) is 0 Å². The number of hydrogen-bond donors (Lipinski definition) is 4. The predicted octanol–water partition coefficient (Wildman–Crippen LogP) is 0.676. The van der Waals surface area contributed by atoms with Gasteiger partial charge in [-0.25, -0.2) is 4.79 Å². The van der Waals surface area contributed by atoms with Crippen LogP contribution in [-0.2, 0) is 29.4 Å². The van der Waals surface area contributed by atoms with Crippen molar-refractivity contribution < 1.29 is 32.4 Å². The maximum Gasteiger partial charge on any atom is 0.315 e. The van der Waals surface area contributed by atoms with Gasteiger partial charge in [-0.15, -0.1) is 0 Å². The van der Waals surface area contributed by atoms with E-state index in [2.05, 4.69) is 16.0 Å². The summed E-state index contributed by atoms with van der Waals surface area (Å²) in [6, 6.07) is -4.18. The molecule has 5 N–H and O–H groups in total. The summed E-state index contributed by atoms with van der Waals surface area (Å²) >= 11 is 0. The number of carbonyl (C=O) groups excluding carboxylic acids is 5. The molecule has 262 valence electrons. The Morgan fingerprint density at radius 3 is 2.04 bits per heavy atom. The van der Waals surface area contributed by atoms with E-state index in [0.717, 1.165) is 27.9 Å². The number of carbonyl (C=O) groups is 5. The van der Waals surface area contributed by atoms with Crippen molar-refractivity contribution in [3.63, 3.8) is 0 Å². The van der Waals surface area contributed by atoms with Gasteiger partial charge in [0.25, 0.3) is 16.1 Å². The van der Waals surface area contributed by atoms with Gasteiger partial charge in [-0.2, -0.15) is 17.0 Å². The lowest BCUT2D eigenvalue weighted by atomic mass is 9.80. The molecule has 2 aliphatic carbocycles. The summed E-state index contributed by atoms with van der Waals surface area (Å²) < 4.78 is 27.4. The van der Waals surface area contributed by atoms with Crippen LogP contribution < -0.4 is 21.7 Å². The highest BCUT2D eigenvalue weighted by Crippen LogP contribution is 2.65. The summed E-state index contributed by atoms with van der Waals surface area (Å²) in [5.74, 6) is -2.92. The molecule has 1 heterocycles. The third kappa shape index (κ3) is 8.01. The first-order valence-corrected chi connectivity index (χ1v) is 17.6. The molecule has 1 saturated heterocycles. The monoisotopic (exact) mass is 669 g/mol. The van der Waals surface area contributed by atoms with Gasteiger partial charge in [-0.1, -0.05) is 67.7 Å². The Morgan fingerprint density at radius 1 is 1.00 bits per heavy atom. The first-order chi connectivity index (χ1) is 21.0. The van der Waals surface area contributed by atoms with E-state index in [1.807, 2.05) is 48.5 Å². The molecule has 1 aliphatic heterocycles. The Hall–Kier alpha value is -2.78. The minimum absolute atomic E-state index is 0.0125. The van der Waals surface area contributed by atoms with E-state index in [1.165, 1.54) is 26.0 Å². The van der Waals surface area contributed by atoms with Gasteiger partial charge in [0.1, 0.15) is 12.1 Å². The van der Waals surface area contributed by atoms with Crippen molar-refractivity contribution in [3.05, 3.63) is 0 Å². The Morgan fingerprint density at radius 2 is 1.59 bits per heavy atom. The largest absolute Gasteiger partial charge is 0.363 e. The van der Waals surface area contributed by atoms with Crippen LogP contribution in [0.4, 0.5) is 4.79 Å². The van der Waals surface area contributed by atoms with Crippen molar-refractivity contribution in [1.29, 1.82) is 0 Å². The average molecular weight is 670 g/mol. The number of likely N-dealkylation sites (tertiary alicyclic amines) is 1. The molecular weight excluding hydrogens is 614 g/mol. The molecule has 46 heavy (non-hydrogen) atoms. The molecule has 0 aromatic carbocycles. The molecule has 0 bridgehead atoms. The highest BCUT2D eigenvalue weighted by atomic mass is 32.2. The molecule has 3 rings (SSSR count). The summed E-state index contributed by atoms with van der Waals surface area (Å²) in [6.07, 6.45) is 3.16. The second kappa shape index (κ2) is 13.8. The normalized spacial score (nSPS) is 24.5. The Kier molecular flexibility index (Phi) is 11.3. The van der Waals surface area contributed by atoms with Crippen molar-refractivity contribution in [2.24, 2.45) is 40.2 Å². The van der Waals surface area contributed by atoms with E-state index in [1.54, 1.807) is 0 Å². The summed E-state index contributed by atoms with van der Waals surface area (Å²) in [7, 11) is 0.579. The van der Waals surface area contributed by atoms with Crippen molar-refractivity contribution in [3.8, 4) is 0 Å². The molecule has 5 amide bonds. The maximum absolute atomic E-state index is 14.3. The van der Waals surface area contributed by atoms with Crippen molar-refractivity contribution in [1.82, 2.24) is 29.5 Å². The van der Waals surface area contributed by atoms with Crippen LogP contribution in [0.15, 0.2) is 0 Å². The lowest BCUT2D eigenvalue weighted by molar-refractivity contribution is -0.145. The summed E-state index contributed by atoms with van der Waals surface area (Å²) in [5.41, 5.74) is 4.35. The lowest BCUT2D eigenvalue weighted by Gasteiger charge is -2.38. The lowest BCUT2D eigenvalue weighted by Crippen LogP contribution is -2.62. The van der Waals surface area contributed by atoms with Crippen LogP contribution in [0.5, 0.6) is 0 Å². The molecule has 0 aromatic rings. The maximum atomic E-state index is 14.3. The second-order valence-corrected chi connectivity index (χ2v) is 17.8. The number of amides is 5. The van der Waals surface area contributed by atoms with Gasteiger partial charge in [0, 0.05) is 40.3 Å². The number of nitrogens with two attached hydrogens (primary N) is 1. The van der Waals surface area contributed by atoms with E-state index in [9.17, 15) is 32.4 Å². The molecule has 3 aliphatic rings. The molecule has 1 unspecified atom stereocenters. The quantitative estimate of drug-likeness (QED) is 0.195. The van der Waals surface area contributed by atoms with Crippen LogP contribution in [0, 0.1) is 34.5 Å². The van der Waals surface area contributed by atoms with Gasteiger partial charge in [0.2, 0.25) is 17.6 Å². The number of Topliss-reactive ketones (excluding diaryl/α,β-unsaturated/α-hetero) is 1. The van der Waals surface area contributed by atoms with Crippen LogP contribution in [0.2, 0.25) is 0 Å². The Balaban J connectivity index is 1.81. The number of nitrogens with one attached hydrogen (secondary N) is 3. The first kappa shape index (κ1) is 37.7. The molecule has 14 nitrogen and oxygen atoms in total. The number of nitrogens with zero attached hydrogens (tertiary/aromatic N) is 3. The highest BCUT2D eigenvalue weighted by molar-refractivity contribution is 7.86. The Bertz CT molecular complexity index is 1310. The molecular formula is C31H55N7O7S. The molecule has 0 radical (unpaired) electrons. The highest BCUT2D eigenvalue weighted by Gasteiger charge is 2.70. The van der Waals surface area contributed by atoms with Gasteiger partial charge < -0.3 is 26.6 Å². The number of rotatable bonds is 14. The van der Waals surface area contributed by atoms with Gasteiger partial charge in [-0.05, 0) is 40.9 Å². The fourth-order valence-electron chi connectivity index (χ4n) is 6.76. The molecule has 6 atom stereocenters. The van der Waals surface area contributed by atoms with Crippen LogP contribution >= 0.6 is 0 Å². The Labute approximate surface area is 274 Å². The summed E-state index contributed by atoms with van der Waals surface area (Å²) in [5, 5.41) is 8.43. The SMILES string of the molecule is CC(C)[C@@H](CN(C)S(=O)(=O)N(C)C)NC(=O)N[C@H](C(=O)N1C[C@H]2[C@@H]([C@H]1C(=O)NC(CC1CCC1)C(=O)C(N)=O)C2(C)C)C(C)(C)C. The molecule has 3 fully saturated rings. The standard InChI is InChI=1S/C31H55N7O7S/c1-17(2)21(16-37(10)46(44,45)36(8)9)34-29(43)35-25(30(3,4)5)28(42)38-15-19-22(31(19,6)7)23(38)27(41)33-20(24(39)26(32)40)14-18-12-11-13-18/h17-23,25H,11-16H2,1-10H3,(H2,32,40)(H,33,41)(H2,34,35,43)/t19-,20?,21+,22-,23-,25+/m0/s1. The number of piperidine rings is 1. The third-order valence-electron chi connectivity index (χ3n) is 10.2. The predicted molar refractivity (Wildman–Crippen MR) is 173 cm³/mol. The van der Waals surface area contributed by atoms with Crippen LogP contribution in [-0.4, -0.2) is 110 Å². The minimum Gasteiger partial charge on any atom is -0.363 e. The van der Waals surface area contributed by atoms with Gasteiger partial charge in [0.05, 0.1) is 6.04 Å². The minimum atomic E-state index is -3.71. The number of urea groups is 1. The fraction of sp³-hybridized carbons (Fsp3) is 0.839. The zero-order valence-electron chi connectivity index (χ0n) is 29.0. The van der Waals surface area contributed by atoms with Gasteiger partial charge >= 0.3 is 6.03 Å². The first-order valence-electron chi connectivity index (χ1n) is 16.2. The molecule has 0 aromatic heterocycles. The van der Waals surface area contributed by atoms with E-state index in [0.29, 0.717) is 13.0 Å². The third-order valence-corrected chi connectivity index (χ3v) is 12.1. The van der Waals surface area contributed by atoms with E-state index < -0.39 is 69.3 Å². The van der Waals surface area contributed by atoms with E-state index in [-0.39, 0.29) is 35.6 Å².